The highest BCUT2D eigenvalue weighted by atomic mass is 35.5. The summed E-state index contributed by atoms with van der Waals surface area (Å²) in [5.74, 6) is 0.273. The Hall–Kier alpha value is -5.60. The third-order valence-electron chi connectivity index (χ3n) is 15.6. The number of nitrogens with one attached hydrogen (secondary N) is 3. The number of nitriles is 1. The van der Waals surface area contributed by atoms with Crippen molar-refractivity contribution in [2.75, 3.05) is 44.2 Å². The summed E-state index contributed by atoms with van der Waals surface area (Å²) in [7, 11) is 0. The smallest absolute Gasteiger partial charge is 0.253 e. The van der Waals surface area contributed by atoms with Gasteiger partial charge in [0.2, 0.25) is 17.7 Å². The van der Waals surface area contributed by atoms with Gasteiger partial charge in [-0.3, -0.25) is 24.1 Å². The number of piperidine rings is 2. The summed E-state index contributed by atoms with van der Waals surface area (Å²) in [6.07, 6.45) is 4.63. The number of thiazole rings is 1. The topological polar surface area (TPSA) is 193 Å². The van der Waals surface area contributed by atoms with Gasteiger partial charge in [-0.25, -0.2) is 9.97 Å². The van der Waals surface area contributed by atoms with Crippen molar-refractivity contribution in [3.05, 3.63) is 93.7 Å². The van der Waals surface area contributed by atoms with Crippen molar-refractivity contribution < 1.29 is 29.0 Å². The van der Waals surface area contributed by atoms with Gasteiger partial charge < -0.3 is 35.6 Å². The molecule has 8 rings (SSSR count). The number of carbonyl (C=O) groups is 4. The van der Waals surface area contributed by atoms with E-state index < -0.39 is 23.6 Å². The third kappa shape index (κ3) is 11.1. The number of amides is 4. The van der Waals surface area contributed by atoms with Crippen LogP contribution in [0.1, 0.15) is 108 Å². The number of aliphatic hydroxyl groups excluding tert-OH is 1. The maximum Gasteiger partial charge on any atom is 0.253 e. The molecule has 2 aromatic carbocycles. The molecule has 2 aromatic heterocycles. The second kappa shape index (κ2) is 20.5. The molecule has 3 atom stereocenters. The number of nitrogens with zero attached hydrogens (tertiary/aromatic N) is 6. The predicted molar refractivity (Wildman–Crippen MR) is 275 cm³/mol. The van der Waals surface area contributed by atoms with Crippen molar-refractivity contribution in [3.63, 3.8) is 0 Å². The van der Waals surface area contributed by atoms with Crippen LogP contribution in [0.25, 0.3) is 10.4 Å². The van der Waals surface area contributed by atoms with Crippen molar-refractivity contribution in [3.8, 4) is 22.3 Å². The number of aryl methyl sites for hydroxylation is 1. The second-order valence-electron chi connectivity index (χ2n) is 22.4. The quantitative estimate of drug-likeness (QED) is 0.106. The van der Waals surface area contributed by atoms with E-state index in [0.717, 1.165) is 79.4 Å². The van der Waals surface area contributed by atoms with Crippen LogP contribution in [0.15, 0.2) is 66.3 Å². The second-order valence-corrected chi connectivity index (χ2v) is 23.7. The molecule has 4 aromatic rings. The first-order valence-electron chi connectivity index (χ1n) is 24.7. The van der Waals surface area contributed by atoms with E-state index in [1.165, 1.54) is 4.90 Å². The molecule has 0 bridgehead atoms. The number of aromatic nitrogens is 2. The average Bonchev–Trinajstić information content (AvgIpc) is 3.96. The monoisotopic (exact) mass is 1010 g/mol. The SMILES string of the molecule is Cc1ncsc1-c1ccc(CNC(=O)[C@@H]2C[C@@H](O)CN2C(=O)C(NC(=O)CN2CCC3(CC2)CCN(c2ccc(C(=O)NC4C(C)(C)C(Oc5ccc(C#N)c(Cl)c5)C4(C)C)cn2)CC3)C(C)(C)C)cc1. The van der Waals surface area contributed by atoms with Gasteiger partial charge in [-0.2, -0.15) is 5.26 Å². The Balaban J connectivity index is 0.784. The van der Waals surface area contributed by atoms with Gasteiger partial charge in [-0.1, -0.05) is 84.3 Å². The molecule has 378 valence electrons. The first kappa shape index (κ1) is 51.7. The number of rotatable bonds is 13. The maximum atomic E-state index is 14.2. The Morgan fingerprint density at radius 3 is 2.23 bits per heavy atom. The molecule has 1 spiro atoms. The molecule has 3 saturated heterocycles. The predicted octanol–water partition coefficient (Wildman–Crippen LogP) is 7.14. The van der Waals surface area contributed by atoms with Crippen molar-refractivity contribution in [1.82, 2.24) is 35.7 Å². The van der Waals surface area contributed by atoms with E-state index in [0.29, 0.717) is 21.9 Å². The highest BCUT2D eigenvalue weighted by molar-refractivity contribution is 7.13. The Morgan fingerprint density at radius 1 is 0.958 bits per heavy atom. The molecule has 4 amide bonds. The third-order valence-corrected chi connectivity index (χ3v) is 16.9. The van der Waals surface area contributed by atoms with Gasteiger partial charge in [0.05, 0.1) is 44.9 Å². The molecule has 0 radical (unpaired) electrons. The van der Waals surface area contributed by atoms with Gasteiger partial charge >= 0.3 is 0 Å². The molecule has 4 fully saturated rings. The van der Waals surface area contributed by atoms with E-state index in [9.17, 15) is 29.5 Å². The summed E-state index contributed by atoms with van der Waals surface area (Å²) in [4.78, 5) is 71.2. The van der Waals surface area contributed by atoms with Gasteiger partial charge in [-0.05, 0) is 91.9 Å². The van der Waals surface area contributed by atoms with E-state index in [1.54, 1.807) is 35.7 Å². The summed E-state index contributed by atoms with van der Waals surface area (Å²) >= 11 is 7.85. The average molecular weight is 1010 g/mol. The fourth-order valence-corrected chi connectivity index (χ4v) is 12.6. The van der Waals surface area contributed by atoms with Crippen LogP contribution >= 0.6 is 22.9 Å². The van der Waals surface area contributed by atoms with Crippen molar-refractivity contribution in [2.24, 2.45) is 21.7 Å². The van der Waals surface area contributed by atoms with E-state index >= 15 is 0 Å². The number of carbonyl (C=O) groups excluding carboxylic acids is 4. The zero-order chi connectivity index (χ0) is 51.0. The van der Waals surface area contributed by atoms with E-state index in [4.69, 9.17) is 21.3 Å². The minimum absolute atomic E-state index is 0.0162. The summed E-state index contributed by atoms with van der Waals surface area (Å²) in [6.45, 7) is 19.7. The first-order chi connectivity index (χ1) is 33.6. The van der Waals surface area contributed by atoms with Gasteiger partial charge in [0.1, 0.15) is 35.8 Å². The molecule has 15 nitrogen and oxygen atoms in total. The van der Waals surface area contributed by atoms with Gasteiger partial charge in [-0.15, -0.1) is 11.3 Å². The standard InChI is InChI=1S/C54H68ClN9O6S/c1-33-44(71-32-59-33)35-11-9-34(10-12-35)28-58-47(68)41-25-38(65)30-64(41)48(69)45(51(2,3)4)60-43(66)31-62-21-17-54(18-22-62)19-23-63(24-20-54)42-16-14-37(29-57-42)46(67)61-49-52(5,6)50(53(49,7)8)70-39-15-13-36(27-56)40(55)26-39/h9-16,26,29,32,38,41,45,49-50,65H,17-25,28,30-31H2,1-8H3,(H,58,68)(H,60,66)(H,61,67)/t38-,41+,45?,49?,50?/m1/s1. The van der Waals surface area contributed by atoms with Crippen molar-refractivity contribution in [1.29, 1.82) is 5.26 Å². The molecule has 71 heavy (non-hydrogen) atoms. The lowest BCUT2D eigenvalue weighted by Crippen LogP contribution is -2.74. The largest absolute Gasteiger partial charge is 0.489 e. The lowest BCUT2D eigenvalue weighted by molar-refractivity contribution is -0.164. The number of hydrogen-bond acceptors (Lipinski definition) is 12. The van der Waals surface area contributed by atoms with Crippen LogP contribution in [0.5, 0.6) is 5.75 Å². The highest BCUT2D eigenvalue weighted by Crippen LogP contribution is 2.55. The molecular weight excluding hydrogens is 938 g/mol. The van der Waals surface area contributed by atoms with Crippen LogP contribution in [-0.2, 0) is 20.9 Å². The van der Waals surface area contributed by atoms with E-state index in [1.807, 2.05) is 69.6 Å². The normalized spacial score (nSPS) is 23.0. The lowest BCUT2D eigenvalue weighted by atomic mass is 9.49. The molecule has 1 saturated carbocycles. The molecule has 4 N–H and O–H groups in total. The Labute approximate surface area is 426 Å². The zero-order valence-corrected chi connectivity index (χ0v) is 43.8. The summed E-state index contributed by atoms with van der Waals surface area (Å²) < 4.78 is 6.39. The fraction of sp³-hybridized carbons (Fsp3) is 0.537. The number of benzene rings is 2. The molecular formula is C54H68ClN9O6S. The zero-order valence-electron chi connectivity index (χ0n) is 42.2. The lowest BCUT2D eigenvalue weighted by Gasteiger charge is -2.63. The minimum Gasteiger partial charge on any atom is -0.489 e. The number of anilines is 1. The van der Waals surface area contributed by atoms with E-state index in [2.05, 4.69) is 64.5 Å². The Bertz CT molecular complexity index is 2630. The summed E-state index contributed by atoms with van der Waals surface area (Å²) in [6, 6.07) is 16.9. The number of likely N-dealkylation sites (tertiary alicyclic amines) is 2. The van der Waals surface area contributed by atoms with Crippen molar-refractivity contribution in [2.45, 2.75) is 124 Å². The summed E-state index contributed by atoms with van der Waals surface area (Å²) in [5.41, 5.74) is 4.37. The van der Waals surface area contributed by atoms with Crippen LogP contribution in [0.3, 0.4) is 0 Å². The number of β-amino-alcohol motifs (C(OH)–C–C–N with tert-alkyl or cyclic N) is 1. The number of halogens is 1. The maximum absolute atomic E-state index is 14.2. The van der Waals surface area contributed by atoms with Crippen LogP contribution in [0.2, 0.25) is 5.02 Å². The number of pyridine rings is 1. The molecule has 17 heteroatoms. The Morgan fingerprint density at radius 2 is 1.63 bits per heavy atom. The van der Waals surface area contributed by atoms with Gasteiger partial charge in [0.15, 0.2) is 0 Å². The minimum atomic E-state index is -0.895. The van der Waals surface area contributed by atoms with Crippen LogP contribution < -0.4 is 25.6 Å². The van der Waals surface area contributed by atoms with Gasteiger partial charge in [0, 0.05) is 61.7 Å². The molecule has 4 aliphatic rings. The van der Waals surface area contributed by atoms with Crippen LogP contribution in [0, 0.1) is 39.9 Å². The molecule has 3 aliphatic heterocycles. The van der Waals surface area contributed by atoms with Gasteiger partial charge in [0.25, 0.3) is 5.91 Å². The van der Waals surface area contributed by atoms with Crippen molar-refractivity contribution >= 4 is 52.4 Å². The van der Waals surface area contributed by atoms with Crippen LogP contribution in [0.4, 0.5) is 5.82 Å². The molecule has 1 unspecified atom stereocenters. The first-order valence-corrected chi connectivity index (χ1v) is 26.0. The molecule has 1 aliphatic carbocycles. The fourth-order valence-electron chi connectivity index (χ4n) is 11.6. The van der Waals surface area contributed by atoms with E-state index in [-0.39, 0.29) is 78.1 Å². The summed E-state index contributed by atoms with van der Waals surface area (Å²) in [5, 5.41) is 29.5. The highest BCUT2D eigenvalue weighted by Gasteiger charge is 2.64. The number of aliphatic hydroxyl groups is 1. The Kier molecular flexibility index (Phi) is 14.9. The van der Waals surface area contributed by atoms with Crippen LogP contribution in [-0.4, -0.2) is 118 Å². The number of hydrogen-bond donors (Lipinski definition) is 4. The molecule has 5 heterocycles. The number of ether oxygens (including phenoxy) is 1.